The van der Waals surface area contributed by atoms with Crippen molar-refractivity contribution in [2.24, 2.45) is 0 Å². The van der Waals surface area contributed by atoms with Crippen LogP contribution in [0.2, 0.25) is 5.02 Å². The summed E-state index contributed by atoms with van der Waals surface area (Å²) in [6, 6.07) is 4.98. The molecule has 3 nitrogen and oxygen atoms in total. The van der Waals surface area contributed by atoms with E-state index in [1.165, 1.54) is 0 Å². The van der Waals surface area contributed by atoms with E-state index in [0.29, 0.717) is 16.5 Å². The topological polar surface area (TPSA) is 37.4 Å². The van der Waals surface area contributed by atoms with Gasteiger partial charge in [0, 0.05) is 17.6 Å². The van der Waals surface area contributed by atoms with Gasteiger partial charge in [-0.3, -0.25) is 0 Å². The van der Waals surface area contributed by atoms with E-state index in [0.717, 1.165) is 24.8 Å². The Kier molecular flexibility index (Phi) is 3.99. The molecule has 0 saturated carbocycles. The van der Waals surface area contributed by atoms with Crippen molar-refractivity contribution in [1.29, 1.82) is 0 Å². The Morgan fingerprint density at radius 2 is 2.06 bits per heavy atom. The van der Waals surface area contributed by atoms with E-state index < -0.39 is 10.0 Å². The molecule has 0 amide bonds. The molecule has 1 fully saturated rings. The van der Waals surface area contributed by atoms with Crippen molar-refractivity contribution in [1.82, 2.24) is 4.31 Å². The molecule has 1 atom stereocenters. The summed E-state index contributed by atoms with van der Waals surface area (Å²) < 4.78 is 26.7. The standard InChI is InChI=1S/C13H18ClNO2S/c1-10-9-12(6-7-13(10)14)18(16,17)15-8-4-3-5-11(15)2/h6-7,9,11H,3-5,8H2,1-2H3/t11-/m0/s1. The summed E-state index contributed by atoms with van der Waals surface area (Å²) in [5, 5.41) is 0.598. The van der Waals surface area contributed by atoms with Gasteiger partial charge < -0.3 is 0 Å². The second-order valence-corrected chi connectivity index (χ2v) is 7.17. The molecule has 0 spiro atoms. The average Bonchev–Trinajstić information content (AvgIpc) is 2.33. The number of halogens is 1. The molecule has 100 valence electrons. The van der Waals surface area contributed by atoms with Crippen LogP contribution in [-0.2, 0) is 10.0 Å². The zero-order valence-corrected chi connectivity index (χ0v) is 12.3. The summed E-state index contributed by atoms with van der Waals surface area (Å²) in [6.07, 6.45) is 2.98. The van der Waals surface area contributed by atoms with Crippen LogP contribution < -0.4 is 0 Å². The van der Waals surface area contributed by atoms with Gasteiger partial charge in [-0.1, -0.05) is 18.0 Å². The van der Waals surface area contributed by atoms with E-state index >= 15 is 0 Å². The van der Waals surface area contributed by atoms with Crippen molar-refractivity contribution in [2.45, 2.75) is 44.0 Å². The van der Waals surface area contributed by atoms with Gasteiger partial charge in [-0.15, -0.1) is 0 Å². The minimum atomic E-state index is -3.38. The van der Waals surface area contributed by atoms with Gasteiger partial charge >= 0.3 is 0 Å². The number of piperidine rings is 1. The highest BCUT2D eigenvalue weighted by atomic mass is 35.5. The quantitative estimate of drug-likeness (QED) is 0.837. The van der Waals surface area contributed by atoms with Gasteiger partial charge in [-0.25, -0.2) is 8.42 Å². The van der Waals surface area contributed by atoms with Crippen molar-refractivity contribution in [2.75, 3.05) is 6.54 Å². The van der Waals surface area contributed by atoms with Crippen LogP contribution in [0.25, 0.3) is 0 Å². The third-order valence-corrected chi connectivity index (χ3v) is 5.91. The number of rotatable bonds is 2. The fourth-order valence-corrected chi connectivity index (χ4v) is 4.24. The minimum absolute atomic E-state index is 0.0831. The monoisotopic (exact) mass is 287 g/mol. The van der Waals surface area contributed by atoms with Crippen molar-refractivity contribution in [3.8, 4) is 0 Å². The Balaban J connectivity index is 2.37. The summed E-state index contributed by atoms with van der Waals surface area (Å²) in [7, 11) is -3.38. The zero-order valence-electron chi connectivity index (χ0n) is 10.7. The van der Waals surface area contributed by atoms with E-state index in [2.05, 4.69) is 0 Å². The van der Waals surface area contributed by atoms with E-state index in [-0.39, 0.29) is 6.04 Å². The SMILES string of the molecule is Cc1cc(S(=O)(=O)N2CCCC[C@@H]2C)ccc1Cl. The number of sulfonamides is 1. The van der Waals surface area contributed by atoms with Crippen molar-refractivity contribution in [3.63, 3.8) is 0 Å². The normalized spacial score (nSPS) is 22.1. The van der Waals surface area contributed by atoms with Crippen LogP contribution >= 0.6 is 11.6 Å². The van der Waals surface area contributed by atoms with Crippen LogP contribution in [-0.4, -0.2) is 25.3 Å². The Bertz CT molecular complexity index is 542. The summed E-state index contributed by atoms with van der Waals surface area (Å²) in [6.45, 7) is 4.41. The van der Waals surface area contributed by atoms with Gasteiger partial charge in [0.2, 0.25) is 10.0 Å². The molecule has 0 aromatic heterocycles. The van der Waals surface area contributed by atoms with Crippen molar-refractivity contribution in [3.05, 3.63) is 28.8 Å². The molecular weight excluding hydrogens is 270 g/mol. The maximum absolute atomic E-state index is 12.5. The molecular formula is C13H18ClNO2S. The molecule has 18 heavy (non-hydrogen) atoms. The summed E-state index contributed by atoms with van der Waals surface area (Å²) in [5.74, 6) is 0. The molecule has 1 aromatic rings. The van der Waals surface area contributed by atoms with Gasteiger partial charge in [0.1, 0.15) is 0 Å². The van der Waals surface area contributed by atoms with E-state index in [4.69, 9.17) is 11.6 Å². The Labute approximate surface area is 114 Å². The molecule has 0 aliphatic carbocycles. The highest BCUT2D eigenvalue weighted by Crippen LogP contribution is 2.27. The lowest BCUT2D eigenvalue weighted by Crippen LogP contribution is -2.41. The van der Waals surface area contributed by atoms with Gasteiger partial charge in [-0.2, -0.15) is 4.31 Å². The van der Waals surface area contributed by atoms with Crippen LogP contribution in [0.4, 0.5) is 0 Å². The first-order chi connectivity index (χ1) is 8.43. The molecule has 0 unspecified atom stereocenters. The van der Waals surface area contributed by atoms with Crippen LogP contribution in [0.1, 0.15) is 31.7 Å². The fourth-order valence-electron chi connectivity index (χ4n) is 2.34. The Morgan fingerprint density at radius 1 is 1.33 bits per heavy atom. The van der Waals surface area contributed by atoms with Gasteiger partial charge in [-0.05, 0) is 50.5 Å². The van der Waals surface area contributed by atoms with Crippen LogP contribution in [0.3, 0.4) is 0 Å². The van der Waals surface area contributed by atoms with Crippen LogP contribution in [0.5, 0.6) is 0 Å². The van der Waals surface area contributed by atoms with Gasteiger partial charge in [0.15, 0.2) is 0 Å². The average molecular weight is 288 g/mol. The van der Waals surface area contributed by atoms with Crippen molar-refractivity contribution >= 4 is 21.6 Å². The number of nitrogens with zero attached hydrogens (tertiary/aromatic N) is 1. The molecule has 5 heteroatoms. The number of benzene rings is 1. The van der Waals surface area contributed by atoms with E-state index in [9.17, 15) is 8.42 Å². The predicted octanol–water partition coefficient (Wildman–Crippen LogP) is 3.21. The summed E-state index contributed by atoms with van der Waals surface area (Å²) in [4.78, 5) is 0.346. The maximum Gasteiger partial charge on any atom is 0.243 e. The second-order valence-electron chi connectivity index (χ2n) is 4.87. The summed E-state index contributed by atoms with van der Waals surface area (Å²) >= 11 is 5.94. The molecule has 0 radical (unpaired) electrons. The van der Waals surface area contributed by atoms with Gasteiger partial charge in [0.25, 0.3) is 0 Å². The number of hydrogen-bond acceptors (Lipinski definition) is 2. The maximum atomic E-state index is 12.5. The lowest BCUT2D eigenvalue weighted by molar-refractivity contribution is 0.268. The van der Waals surface area contributed by atoms with Crippen LogP contribution in [0.15, 0.2) is 23.1 Å². The molecule has 1 aliphatic heterocycles. The lowest BCUT2D eigenvalue weighted by atomic mass is 10.1. The molecule has 2 rings (SSSR count). The molecule has 0 N–H and O–H groups in total. The summed E-state index contributed by atoms with van der Waals surface area (Å²) in [5.41, 5.74) is 0.794. The molecule has 1 aliphatic rings. The molecule has 1 aromatic carbocycles. The third kappa shape index (κ3) is 2.56. The zero-order chi connectivity index (χ0) is 13.3. The number of hydrogen-bond donors (Lipinski definition) is 0. The first kappa shape index (κ1) is 13.8. The lowest BCUT2D eigenvalue weighted by Gasteiger charge is -2.32. The molecule has 1 saturated heterocycles. The minimum Gasteiger partial charge on any atom is -0.207 e. The number of aryl methyl sites for hydroxylation is 1. The second kappa shape index (κ2) is 5.19. The first-order valence-corrected chi connectivity index (χ1v) is 8.03. The molecule has 0 bridgehead atoms. The largest absolute Gasteiger partial charge is 0.243 e. The smallest absolute Gasteiger partial charge is 0.207 e. The van der Waals surface area contributed by atoms with Gasteiger partial charge in [0.05, 0.1) is 4.90 Å². The third-order valence-electron chi connectivity index (χ3n) is 3.48. The fraction of sp³-hybridized carbons (Fsp3) is 0.538. The van der Waals surface area contributed by atoms with E-state index in [1.807, 2.05) is 13.8 Å². The van der Waals surface area contributed by atoms with E-state index in [1.54, 1.807) is 22.5 Å². The highest BCUT2D eigenvalue weighted by molar-refractivity contribution is 7.89. The van der Waals surface area contributed by atoms with Crippen molar-refractivity contribution < 1.29 is 8.42 Å². The molecule has 1 heterocycles. The first-order valence-electron chi connectivity index (χ1n) is 6.21. The Morgan fingerprint density at radius 3 is 2.67 bits per heavy atom. The van der Waals surface area contributed by atoms with Crippen LogP contribution in [0, 0.1) is 6.92 Å². The Hall–Kier alpha value is -0.580. The highest BCUT2D eigenvalue weighted by Gasteiger charge is 2.30. The predicted molar refractivity (Wildman–Crippen MR) is 73.4 cm³/mol.